The normalized spacial score (nSPS) is 14.8. The first kappa shape index (κ1) is 15.6. The summed E-state index contributed by atoms with van der Waals surface area (Å²) in [6, 6.07) is 11.3. The minimum absolute atomic E-state index is 0.0811. The SMILES string of the molecule is O=C(c1ccc(-n2cccc2)cc1)N1CCN(c2nccs2)C(=O)C1. The lowest BCUT2D eigenvalue weighted by Crippen LogP contribution is -2.52. The van der Waals surface area contributed by atoms with E-state index in [1.54, 1.807) is 28.1 Å². The molecule has 0 aliphatic carbocycles. The Morgan fingerprint density at radius 2 is 1.84 bits per heavy atom. The Labute approximate surface area is 148 Å². The monoisotopic (exact) mass is 352 g/mol. The molecular formula is C18H16N4O2S. The molecule has 1 aromatic carbocycles. The number of benzene rings is 1. The molecule has 2 amide bonds. The van der Waals surface area contributed by atoms with Gasteiger partial charge in [0.05, 0.1) is 0 Å². The van der Waals surface area contributed by atoms with Crippen molar-refractivity contribution >= 4 is 28.3 Å². The third-order valence-electron chi connectivity index (χ3n) is 4.17. The Bertz CT molecular complexity index is 872. The first-order chi connectivity index (χ1) is 12.2. The predicted molar refractivity (Wildman–Crippen MR) is 96.1 cm³/mol. The maximum Gasteiger partial charge on any atom is 0.254 e. The van der Waals surface area contributed by atoms with E-state index in [1.165, 1.54) is 11.3 Å². The number of rotatable bonds is 3. The molecule has 0 unspecified atom stereocenters. The van der Waals surface area contributed by atoms with Crippen LogP contribution >= 0.6 is 11.3 Å². The van der Waals surface area contributed by atoms with Crippen LogP contribution in [0, 0.1) is 0 Å². The lowest BCUT2D eigenvalue weighted by Gasteiger charge is -2.32. The highest BCUT2D eigenvalue weighted by Crippen LogP contribution is 2.21. The third-order valence-corrected chi connectivity index (χ3v) is 4.97. The van der Waals surface area contributed by atoms with Crippen LogP contribution in [0.3, 0.4) is 0 Å². The maximum atomic E-state index is 12.7. The van der Waals surface area contributed by atoms with Crippen molar-refractivity contribution in [2.75, 3.05) is 24.5 Å². The zero-order valence-electron chi connectivity index (χ0n) is 13.4. The van der Waals surface area contributed by atoms with Crippen molar-refractivity contribution in [1.82, 2.24) is 14.5 Å². The smallest absolute Gasteiger partial charge is 0.254 e. The van der Waals surface area contributed by atoms with Crippen LogP contribution in [0.1, 0.15) is 10.4 Å². The number of anilines is 1. The molecule has 1 aliphatic rings. The van der Waals surface area contributed by atoms with Gasteiger partial charge in [0.2, 0.25) is 5.91 Å². The number of hydrogen-bond donors (Lipinski definition) is 0. The molecule has 1 saturated heterocycles. The Morgan fingerprint density at radius 1 is 1.08 bits per heavy atom. The molecule has 4 rings (SSSR count). The molecule has 1 aliphatic heterocycles. The lowest BCUT2D eigenvalue weighted by atomic mass is 10.1. The summed E-state index contributed by atoms with van der Waals surface area (Å²) in [6.45, 7) is 1.06. The van der Waals surface area contributed by atoms with E-state index in [-0.39, 0.29) is 18.4 Å². The largest absolute Gasteiger partial charge is 0.328 e. The average molecular weight is 352 g/mol. The molecule has 0 N–H and O–H groups in total. The van der Waals surface area contributed by atoms with Gasteiger partial charge in [0.15, 0.2) is 5.13 Å². The number of piperazine rings is 1. The van der Waals surface area contributed by atoms with E-state index in [0.29, 0.717) is 23.8 Å². The summed E-state index contributed by atoms with van der Waals surface area (Å²) in [5, 5.41) is 2.53. The maximum absolute atomic E-state index is 12.7. The molecule has 25 heavy (non-hydrogen) atoms. The molecule has 3 aromatic rings. The van der Waals surface area contributed by atoms with E-state index in [9.17, 15) is 9.59 Å². The second-order valence-corrected chi connectivity index (χ2v) is 6.60. The number of carbonyl (C=O) groups excluding carboxylic acids is 2. The van der Waals surface area contributed by atoms with Gasteiger partial charge in [0, 0.05) is 48.3 Å². The van der Waals surface area contributed by atoms with Gasteiger partial charge < -0.3 is 9.47 Å². The van der Waals surface area contributed by atoms with E-state index in [1.807, 2.05) is 46.6 Å². The first-order valence-corrected chi connectivity index (χ1v) is 8.83. The van der Waals surface area contributed by atoms with Gasteiger partial charge in [-0.25, -0.2) is 4.98 Å². The van der Waals surface area contributed by atoms with Crippen molar-refractivity contribution in [3.63, 3.8) is 0 Å². The van der Waals surface area contributed by atoms with Crippen LogP contribution in [0.2, 0.25) is 0 Å². The molecule has 126 valence electrons. The molecule has 7 heteroatoms. The molecule has 0 spiro atoms. The van der Waals surface area contributed by atoms with Crippen LogP contribution in [-0.4, -0.2) is 45.9 Å². The van der Waals surface area contributed by atoms with Gasteiger partial charge in [-0.15, -0.1) is 11.3 Å². The number of hydrogen-bond acceptors (Lipinski definition) is 4. The molecule has 6 nitrogen and oxygen atoms in total. The van der Waals surface area contributed by atoms with Crippen molar-refractivity contribution < 1.29 is 9.59 Å². The molecule has 0 saturated carbocycles. The third kappa shape index (κ3) is 3.06. The zero-order chi connectivity index (χ0) is 17.2. The minimum Gasteiger partial charge on any atom is -0.328 e. The van der Waals surface area contributed by atoms with E-state index >= 15 is 0 Å². The Kier molecular flexibility index (Phi) is 4.07. The van der Waals surface area contributed by atoms with E-state index in [4.69, 9.17) is 0 Å². The molecule has 2 aromatic heterocycles. The Hall–Kier alpha value is -2.93. The van der Waals surface area contributed by atoms with Crippen LogP contribution in [-0.2, 0) is 4.79 Å². The summed E-state index contributed by atoms with van der Waals surface area (Å²) < 4.78 is 1.98. The van der Waals surface area contributed by atoms with E-state index in [0.717, 1.165) is 5.69 Å². The standard InChI is InChI=1S/C18H16N4O2S/c23-16-13-21(10-11-22(16)18-19-7-12-25-18)17(24)14-3-5-15(6-4-14)20-8-1-2-9-20/h1-9,12H,10-11,13H2. The van der Waals surface area contributed by atoms with Gasteiger partial charge in [0.1, 0.15) is 6.54 Å². The Morgan fingerprint density at radius 3 is 2.48 bits per heavy atom. The number of thiazole rings is 1. The number of carbonyl (C=O) groups is 2. The fourth-order valence-corrected chi connectivity index (χ4v) is 3.55. The van der Waals surface area contributed by atoms with Crippen LogP contribution in [0.25, 0.3) is 5.69 Å². The zero-order valence-corrected chi connectivity index (χ0v) is 14.2. The van der Waals surface area contributed by atoms with Gasteiger partial charge in [-0.1, -0.05) is 0 Å². The fraction of sp³-hybridized carbons (Fsp3) is 0.167. The van der Waals surface area contributed by atoms with Gasteiger partial charge >= 0.3 is 0 Å². The van der Waals surface area contributed by atoms with E-state index < -0.39 is 0 Å². The molecule has 0 radical (unpaired) electrons. The van der Waals surface area contributed by atoms with Crippen molar-refractivity contribution in [3.05, 3.63) is 65.9 Å². The molecular weight excluding hydrogens is 336 g/mol. The summed E-state index contributed by atoms with van der Waals surface area (Å²) in [7, 11) is 0. The lowest BCUT2D eigenvalue weighted by molar-refractivity contribution is -0.120. The van der Waals surface area contributed by atoms with Crippen LogP contribution in [0.4, 0.5) is 5.13 Å². The molecule has 0 atom stereocenters. The highest BCUT2D eigenvalue weighted by atomic mass is 32.1. The summed E-state index contributed by atoms with van der Waals surface area (Å²) in [5.41, 5.74) is 1.58. The topological polar surface area (TPSA) is 58.4 Å². The fourth-order valence-electron chi connectivity index (χ4n) is 2.86. The average Bonchev–Trinajstić information content (AvgIpc) is 3.35. The van der Waals surface area contributed by atoms with Gasteiger partial charge in [0.25, 0.3) is 5.91 Å². The van der Waals surface area contributed by atoms with Crippen LogP contribution < -0.4 is 4.90 Å². The van der Waals surface area contributed by atoms with Gasteiger partial charge in [-0.2, -0.15) is 0 Å². The number of aromatic nitrogens is 2. The van der Waals surface area contributed by atoms with Crippen molar-refractivity contribution in [2.45, 2.75) is 0 Å². The second kappa shape index (κ2) is 6.52. The summed E-state index contributed by atoms with van der Waals surface area (Å²) in [4.78, 5) is 32.4. The molecule has 3 heterocycles. The molecule has 0 bridgehead atoms. The van der Waals surface area contributed by atoms with Gasteiger partial charge in [-0.05, 0) is 36.4 Å². The highest BCUT2D eigenvalue weighted by molar-refractivity contribution is 7.13. The van der Waals surface area contributed by atoms with Crippen LogP contribution in [0.5, 0.6) is 0 Å². The number of amides is 2. The summed E-state index contributed by atoms with van der Waals surface area (Å²) >= 11 is 1.43. The quantitative estimate of drug-likeness (QED) is 0.727. The van der Waals surface area contributed by atoms with Crippen molar-refractivity contribution in [2.24, 2.45) is 0 Å². The highest BCUT2D eigenvalue weighted by Gasteiger charge is 2.29. The summed E-state index contributed by atoms with van der Waals surface area (Å²) in [5.74, 6) is -0.218. The first-order valence-electron chi connectivity index (χ1n) is 7.95. The van der Waals surface area contributed by atoms with E-state index in [2.05, 4.69) is 4.98 Å². The van der Waals surface area contributed by atoms with Crippen molar-refractivity contribution in [1.29, 1.82) is 0 Å². The minimum atomic E-state index is -0.119. The molecule has 1 fully saturated rings. The second-order valence-electron chi connectivity index (χ2n) is 5.72. The van der Waals surface area contributed by atoms with Gasteiger partial charge in [-0.3, -0.25) is 14.5 Å². The van der Waals surface area contributed by atoms with Crippen LogP contribution in [0.15, 0.2) is 60.4 Å². The number of nitrogens with zero attached hydrogens (tertiary/aromatic N) is 4. The summed E-state index contributed by atoms with van der Waals surface area (Å²) in [6.07, 6.45) is 5.58. The Balaban J connectivity index is 1.46. The predicted octanol–water partition coefficient (Wildman–Crippen LogP) is 2.42. The van der Waals surface area contributed by atoms with Crippen molar-refractivity contribution in [3.8, 4) is 5.69 Å².